The van der Waals surface area contributed by atoms with E-state index in [0.717, 1.165) is 6.08 Å². The van der Waals surface area contributed by atoms with E-state index >= 15 is 0 Å². The van der Waals surface area contributed by atoms with Gasteiger partial charge in [0, 0.05) is 6.08 Å². The molecule has 0 aromatic rings. The molecule has 5 nitrogen and oxygen atoms in total. The van der Waals surface area contributed by atoms with Crippen LogP contribution in [0.3, 0.4) is 0 Å². The SMILES string of the molecule is C=CC(=O)OC(C)COC(C)COC(C)COC(C)C. The molecular weight excluding hydrogens is 260 g/mol. The molecule has 0 aliphatic heterocycles. The molecule has 3 unspecified atom stereocenters. The van der Waals surface area contributed by atoms with Gasteiger partial charge in [0.1, 0.15) is 6.10 Å². The third-order valence-electron chi connectivity index (χ3n) is 2.38. The molecule has 3 atom stereocenters. The van der Waals surface area contributed by atoms with E-state index in [1.54, 1.807) is 6.92 Å². The van der Waals surface area contributed by atoms with E-state index in [1.165, 1.54) is 0 Å². The van der Waals surface area contributed by atoms with Crippen LogP contribution >= 0.6 is 0 Å². The van der Waals surface area contributed by atoms with Crippen LogP contribution in [-0.4, -0.2) is 50.2 Å². The first-order valence-electron chi connectivity index (χ1n) is 7.03. The van der Waals surface area contributed by atoms with Gasteiger partial charge in [-0.3, -0.25) is 0 Å². The molecule has 0 aliphatic rings. The van der Waals surface area contributed by atoms with E-state index in [2.05, 4.69) is 6.58 Å². The molecule has 0 saturated carbocycles. The molecule has 0 aliphatic carbocycles. The molecule has 0 N–H and O–H groups in total. The van der Waals surface area contributed by atoms with Gasteiger partial charge in [0.2, 0.25) is 0 Å². The van der Waals surface area contributed by atoms with E-state index in [4.69, 9.17) is 18.9 Å². The standard InChI is InChI=1S/C15H28O5/c1-7-15(16)20-14(6)10-19-13(5)9-18-12(4)8-17-11(2)3/h7,11-14H,1,8-10H2,2-6H3. The lowest BCUT2D eigenvalue weighted by atomic mass is 10.3. The topological polar surface area (TPSA) is 54.0 Å². The third kappa shape index (κ3) is 11.0. The Kier molecular flexibility index (Phi) is 10.3. The predicted molar refractivity (Wildman–Crippen MR) is 77.7 cm³/mol. The van der Waals surface area contributed by atoms with E-state index in [9.17, 15) is 4.79 Å². The van der Waals surface area contributed by atoms with Crippen molar-refractivity contribution in [2.24, 2.45) is 0 Å². The molecule has 118 valence electrons. The summed E-state index contributed by atoms with van der Waals surface area (Å²) in [4.78, 5) is 11.0. The van der Waals surface area contributed by atoms with Crippen molar-refractivity contribution in [3.05, 3.63) is 12.7 Å². The summed E-state index contributed by atoms with van der Waals surface area (Å²) in [5.74, 6) is -0.440. The number of ether oxygens (including phenoxy) is 4. The van der Waals surface area contributed by atoms with Crippen LogP contribution in [0.4, 0.5) is 0 Å². The van der Waals surface area contributed by atoms with Gasteiger partial charge in [0.15, 0.2) is 0 Å². The summed E-state index contributed by atoms with van der Waals surface area (Å²) in [7, 11) is 0. The van der Waals surface area contributed by atoms with Gasteiger partial charge in [0.05, 0.1) is 38.1 Å². The summed E-state index contributed by atoms with van der Waals surface area (Å²) >= 11 is 0. The summed E-state index contributed by atoms with van der Waals surface area (Å²) in [5.41, 5.74) is 0. The Bertz CT molecular complexity index is 277. The lowest BCUT2D eigenvalue weighted by Gasteiger charge is -2.20. The van der Waals surface area contributed by atoms with Crippen LogP contribution in [0, 0.1) is 0 Å². The van der Waals surface area contributed by atoms with Crippen LogP contribution < -0.4 is 0 Å². The zero-order chi connectivity index (χ0) is 15.5. The lowest BCUT2D eigenvalue weighted by molar-refractivity contribution is -0.147. The zero-order valence-electron chi connectivity index (χ0n) is 13.3. The minimum absolute atomic E-state index is 0.0273. The molecule has 0 amide bonds. The van der Waals surface area contributed by atoms with Gasteiger partial charge in [0.25, 0.3) is 0 Å². The summed E-state index contributed by atoms with van der Waals surface area (Å²) < 4.78 is 21.6. The number of carbonyl (C=O) groups excluding carboxylic acids is 1. The second kappa shape index (κ2) is 10.8. The maximum Gasteiger partial charge on any atom is 0.330 e. The Labute approximate surface area is 122 Å². The summed E-state index contributed by atoms with van der Waals surface area (Å²) in [6, 6.07) is 0. The largest absolute Gasteiger partial charge is 0.457 e. The van der Waals surface area contributed by atoms with E-state index < -0.39 is 5.97 Å². The molecule has 0 heterocycles. The van der Waals surface area contributed by atoms with Crippen molar-refractivity contribution in [2.75, 3.05) is 19.8 Å². The fourth-order valence-electron chi connectivity index (χ4n) is 1.30. The zero-order valence-corrected chi connectivity index (χ0v) is 13.3. The minimum Gasteiger partial charge on any atom is -0.457 e. The third-order valence-corrected chi connectivity index (χ3v) is 2.38. The molecule has 5 heteroatoms. The van der Waals surface area contributed by atoms with Crippen molar-refractivity contribution in [1.29, 1.82) is 0 Å². The van der Waals surface area contributed by atoms with Gasteiger partial charge in [-0.05, 0) is 34.6 Å². The van der Waals surface area contributed by atoms with Gasteiger partial charge in [-0.2, -0.15) is 0 Å². The van der Waals surface area contributed by atoms with Gasteiger partial charge in [-0.25, -0.2) is 4.79 Å². The Morgan fingerprint density at radius 3 is 1.80 bits per heavy atom. The maximum absolute atomic E-state index is 11.0. The molecular formula is C15H28O5. The molecule has 0 spiro atoms. The quantitative estimate of drug-likeness (QED) is 0.431. The normalized spacial score (nSPS) is 15.7. The van der Waals surface area contributed by atoms with Crippen LogP contribution in [0.2, 0.25) is 0 Å². The maximum atomic E-state index is 11.0. The Balaban J connectivity index is 3.69. The highest BCUT2D eigenvalue weighted by molar-refractivity contribution is 5.81. The lowest BCUT2D eigenvalue weighted by Crippen LogP contribution is -2.27. The van der Waals surface area contributed by atoms with Crippen LogP contribution in [0.1, 0.15) is 34.6 Å². The number of esters is 1. The van der Waals surface area contributed by atoms with Crippen LogP contribution in [-0.2, 0) is 23.7 Å². The Morgan fingerprint density at radius 1 is 0.900 bits per heavy atom. The van der Waals surface area contributed by atoms with E-state index in [-0.39, 0.29) is 24.4 Å². The smallest absolute Gasteiger partial charge is 0.330 e. The van der Waals surface area contributed by atoms with E-state index in [1.807, 2.05) is 27.7 Å². The first-order chi connectivity index (χ1) is 9.35. The minimum atomic E-state index is -0.440. The van der Waals surface area contributed by atoms with Crippen molar-refractivity contribution in [2.45, 2.75) is 59.0 Å². The molecule has 0 saturated heterocycles. The predicted octanol–water partition coefficient (Wildman–Crippen LogP) is 2.34. The number of hydrogen-bond acceptors (Lipinski definition) is 5. The summed E-state index contributed by atoms with van der Waals surface area (Å²) in [6.45, 7) is 14.3. The number of carbonyl (C=O) groups is 1. The molecule has 0 rings (SSSR count). The monoisotopic (exact) mass is 288 g/mol. The van der Waals surface area contributed by atoms with Crippen LogP contribution in [0.5, 0.6) is 0 Å². The summed E-state index contributed by atoms with van der Waals surface area (Å²) in [5, 5.41) is 0. The number of hydrogen-bond donors (Lipinski definition) is 0. The highest BCUT2D eigenvalue weighted by Gasteiger charge is 2.11. The Morgan fingerprint density at radius 2 is 1.35 bits per heavy atom. The first-order valence-corrected chi connectivity index (χ1v) is 7.03. The van der Waals surface area contributed by atoms with Crippen molar-refractivity contribution >= 4 is 5.97 Å². The summed E-state index contributed by atoms with van der Waals surface area (Å²) in [6.07, 6.45) is 1.00. The van der Waals surface area contributed by atoms with Gasteiger partial charge in [-0.1, -0.05) is 6.58 Å². The first kappa shape index (κ1) is 19.1. The molecule has 0 radical (unpaired) electrons. The van der Waals surface area contributed by atoms with Crippen molar-refractivity contribution in [3.63, 3.8) is 0 Å². The van der Waals surface area contributed by atoms with Gasteiger partial charge < -0.3 is 18.9 Å². The van der Waals surface area contributed by atoms with Gasteiger partial charge >= 0.3 is 5.97 Å². The average Bonchev–Trinajstić information content (AvgIpc) is 2.40. The highest BCUT2D eigenvalue weighted by atomic mass is 16.6. The Hall–Kier alpha value is -0.910. The fraction of sp³-hybridized carbons (Fsp3) is 0.800. The van der Waals surface area contributed by atoms with Crippen LogP contribution in [0.15, 0.2) is 12.7 Å². The molecule has 0 aromatic carbocycles. The second-order valence-corrected chi connectivity index (χ2v) is 5.12. The van der Waals surface area contributed by atoms with Crippen molar-refractivity contribution in [1.82, 2.24) is 0 Å². The molecule has 0 bridgehead atoms. The number of rotatable bonds is 11. The highest BCUT2D eigenvalue weighted by Crippen LogP contribution is 2.02. The second-order valence-electron chi connectivity index (χ2n) is 5.12. The van der Waals surface area contributed by atoms with Crippen molar-refractivity contribution in [3.8, 4) is 0 Å². The fourth-order valence-corrected chi connectivity index (χ4v) is 1.30. The average molecular weight is 288 g/mol. The van der Waals surface area contributed by atoms with E-state index in [0.29, 0.717) is 19.8 Å². The van der Waals surface area contributed by atoms with Crippen molar-refractivity contribution < 1.29 is 23.7 Å². The molecule has 0 aromatic heterocycles. The van der Waals surface area contributed by atoms with Crippen LogP contribution in [0.25, 0.3) is 0 Å². The molecule has 0 fully saturated rings. The molecule has 20 heavy (non-hydrogen) atoms. The van der Waals surface area contributed by atoms with Gasteiger partial charge in [-0.15, -0.1) is 0 Å².